The highest BCUT2D eigenvalue weighted by Gasteiger charge is 2.20. The fraction of sp³-hybridized carbons (Fsp3) is 0.375. The first-order valence-corrected chi connectivity index (χ1v) is 7.11. The highest BCUT2D eigenvalue weighted by Crippen LogP contribution is 2.19. The minimum atomic E-state index is 0.635. The van der Waals surface area contributed by atoms with E-state index in [1.54, 1.807) is 6.20 Å². The molecule has 0 atom stereocenters. The summed E-state index contributed by atoms with van der Waals surface area (Å²) < 4.78 is 5.77. The molecule has 4 nitrogen and oxygen atoms in total. The maximum atomic E-state index is 5.77. The molecule has 1 aliphatic rings. The lowest BCUT2D eigenvalue weighted by molar-refractivity contribution is 0.319. The molecule has 0 aliphatic heterocycles. The molecule has 0 amide bonds. The number of hydrogen-bond acceptors (Lipinski definition) is 4. The van der Waals surface area contributed by atoms with Crippen LogP contribution in [-0.4, -0.2) is 22.6 Å². The quantitative estimate of drug-likeness (QED) is 0.838. The van der Waals surface area contributed by atoms with Crippen molar-refractivity contribution in [1.82, 2.24) is 15.3 Å². The first-order chi connectivity index (χ1) is 9.90. The van der Waals surface area contributed by atoms with Crippen LogP contribution in [0.4, 0.5) is 0 Å². The second-order valence-electron chi connectivity index (χ2n) is 5.06. The zero-order valence-corrected chi connectivity index (χ0v) is 11.5. The van der Waals surface area contributed by atoms with Crippen LogP contribution in [0.3, 0.4) is 0 Å². The Bertz CT molecular complexity index is 540. The van der Waals surface area contributed by atoms with Crippen molar-refractivity contribution in [3.63, 3.8) is 0 Å². The van der Waals surface area contributed by atoms with Crippen LogP contribution in [0.15, 0.2) is 42.7 Å². The van der Waals surface area contributed by atoms with Crippen molar-refractivity contribution in [2.24, 2.45) is 0 Å². The zero-order chi connectivity index (χ0) is 13.6. The molecule has 0 radical (unpaired) electrons. The summed E-state index contributed by atoms with van der Waals surface area (Å²) in [6, 6.07) is 10.5. The third-order valence-electron chi connectivity index (χ3n) is 3.29. The summed E-state index contributed by atoms with van der Waals surface area (Å²) in [5, 5.41) is 3.45. The third-order valence-corrected chi connectivity index (χ3v) is 3.29. The summed E-state index contributed by atoms with van der Waals surface area (Å²) in [5.41, 5.74) is 2.09. The van der Waals surface area contributed by atoms with Crippen LogP contribution in [0.1, 0.15) is 24.2 Å². The van der Waals surface area contributed by atoms with Gasteiger partial charge in [0.15, 0.2) is 0 Å². The number of nitrogens with zero attached hydrogens (tertiary/aromatic N) is 2. The van der Waals surface area contributed by atoms with Gasteiger partial charge in [0, 0.05) is 43.2 Å². The summed E-state index contributed by atoms with van der Waals surface area (Å²) in [7, 11) is 0. The number of pyridine rings is 2. The fourth-order valence-electron chi connectivity index (χ4n) is 2.00. The zero-order valence-electron chi connectivity index (χ0n) is 11.5. The first-order valence-electron chi connectivity index (χ1n) is 7.11. The lowest BCUT2D eigenvalue weighted by Crippen LogP contribution is -2.16. The SMILES string of the molecule is c1ccc(CCOc2ccnc(CNC3CC3)c2)nc1. The third kappa shape index (κ3) is 4.03. The van der Waals surface area contributed by atoms with Crippen LogP contribution in [0, 0.1) is 0 Å². The molecule has 0 saturated heterocycles. The Labute approximate surface area is 119 Å². The molecular weight excluding hydrogens is 250 g/mol. The van der Waals surface area contributed by atoms with Gasteiger partial charge < -0.3 is 10.1 Å². The van der Waals surface area contributed by atoms with Crippen molar-refractivity contribution in [3.8, 4) is 5.75 Å². The predicted molar refractivity (Wildman–Crippen MR) is 77.5 cm³/mol. The van der Waals surface area contributed by atoms with E-state index in [2.05, 4.69) is 15.3 Å². The van der Waals surface area contributed by atoms with E-state index in [0.717, 1.165) is 30.1 Å². The number of aromatic nitrogens is 2. The number of hydrogen-bond donors (Lipinski definition) is 1. The average molecular weight is 269 g/mol. The van der Waals surface area contributed by atoms with Gasteiger partial charge in [-0.15, -0.1) is 0 Å². The molecule has 3 rings (SSSR count). The highest BCUT2D eigenvalue weighted by molar-refractivity contribution is 5.22. The van der Waals surface area contributed by atoms with Crippen molar-refractivity contribution in [3.05, 3.63) is 54.1 Å². The summed E-state index contributed by atoms with van der Waals surface area (Å²) in [5.74, 6) is 0.878. The van der Waals surface area contributed by atoms with Crippen LogP contribution in [0.2, 0.25) is 0 Å². The van der Waals surface area contributed by atoms with Crippen LogP contribution >= 0.6 is 0 Å². The van der Waals surface area contributed by atoms with Gasteiger partial charge in [0.05, 0.1) is 12.3 Å². The normalized spacial score (nSPS) is 14.2. The second kappa shape index (κ2) is 6.48. The molecule has 2 heterocycles. The van der Waals surface area contributed by atoms with Crippen molar-refractivity contribution in [2.45, 2.75) is 31.8 Å². The van der Waals surface area contributed by atoms with E-state index in [-0.39, 0.29) is 0 Å². The van der Waals surface area contributed by atoms with Gasteiger partial charge >= 0.3 is 0 Å². The van der Waals surface area contributed by atoms with Gasteiger partial charge in [-0.25, -0.2) is 0 Å². The molecule has 20 heavy (non-hydrogen) atoms. The molecule has 0 bridgehead atoms. The van der Waals surface area contributed by atoms with Gasteiger partial charge in [-0.1, -0.05) is 6.07 Å². The second-order valence-corrected chi connectivity index (χ2v) is 5.06. The monoisotopic (exact) mass is 269 g/mol. The van der Waals surface area contributed by atoms with Crippen molar-refractivity contribution >= 4 is 0 Å². The van der Waals surface area contributed by atoms with Crippen LogP contribution in [-0.2, 0) is 13.0 Å². The Morgan fingerprint density at radius 1 is 1.10 bits per heavy atom. The molecular formula is C16H19N3O. The van der Waals surface area contributed by atoms with E-state index in [9.17, 15) is 0 Å². The molecule has 0 unspecified atom stereocenters. The Morgan fingerprint density at radius 2 is 2.00 bits per heavy atom. The largest absolute Gasteiger partial charge is 0.493 e. The van der Waals surface area contributed by atoms with Gasteiger partial charge in [0.1, 0.15) is 5.75 Å². The van der Waals surface area contributed by atoms with Gasteiger partial charge in [-0.2, -0.15) is 0 Å². The summed E-state index contributed by atoms with van der Waals surface area (Å²) in [6.07, 6.45) is 7.02. The number of nitrogens with one attached hydrogen (secondary N) is 1. The minimum Gasteiger partial charge on any atom is -0.493 e. The maximum Gasteiger partial charge on any atom is 0.122 e. The van der Waals surface area contributed by atoms with Crippen molar-refractivity contribution in [1.29, 1.82) is 0 Å². The van der Waals surface area contributed by atoms with Crippen molar-refractivity contribution < 1.29 is 4.74 Å². The van der Waals surface area contributed by atoms with Crippen LogP contribution in [0.5, 0.6) is 5.75 Å². The van der Waals surface area contributed by atoms with Gasteiger partial charge in [-0.05, 0) is 31.0 Å². The smallest absolute Gasteiger partial charge is 0.122 e. The molecule has 0 aromatic carbocycles. The van der Waals surface area contributed by atoms with E-state index >= 15 is 0 Å². The molecule has 104 valence electrons. The predicted octanol–water partition coefficient (Wildman–Crippen LogP) is 2.35. The maximum absolute atomic E-state index is 5.77. The molecule has 0 spiro atoms. The van der Waals surface area contributed by atoms with Crippen LogP contribution < -0.4 is 10.1 Å². The molecule has 1 aliphatic carbocycles. The lowest BCUT2D eigenvalue weighted by atomic mass is 10.3. The minimum absolute atomic E-state index is 0.635. The first kappa shape index (κ1) is 13.1. The molecule has 2 aromatic heterocycles. The standard InChI is InChI=1S/C16H19N3O/c1-2-8-17-13(3-1)7-10-20-16-6-9-18-15(11-16)12-19-14-4-5-14/h1-3,6,8-9,11,14,19H,4-5,7,10,12H2. The number of rotatable bonds is 7. The van der Waals surface area contributed by atoms with E-state index in [0.29, 0.717) is 12.6 Å². The Hall–Kier alpha value is -1.94. The lowest BCUT2D eigenvalue weighted by Gasteiger charge is -2.08. The summed E-state index contributed by atoms with van der Waals surface area (Å²) >= 11 is 0. The van der Waals surface area contributed by atoms with Gasteiger partial charge in [0.25, 0.3) is 0 Å². The molecule has 4 heteroatoms. The summed E-state index contributed by atoms with van der Waals surface area (Å²) in [4.78, 5) is 8.63. The Kier molecular flexibility index (Phi) is 4.23. The Balaban J connectivity index is 1.47. The molecule has 1 N–H and O–H groups in total. The Morgan fingerprint density at radius 3 is 2.80 bits per heavy atom. The fourth-order valence-corrected chi connectivity index (χ4v) is 2.00. The van der Waals surface area contributed by atoms with Crippen molar-refractivity contribution in [2.75, 3.05) is 6.61 Å². The van der Waals surface area contributed by atoms with Crippen LogP contribution in [0.25, 0.3) is 0 Å². The van der Waals surface area contributed by atoms with E-state index in [4.69, 9.17) is 4.74 Å². The molecule has 1 saturated carbocycles. The van der Waals surface area contributed by atoms with Gasteiger partial charge in [0.2, 0.25) is 0 Å². The number of ether oxygens (including phenoxy) is 1. The topological polar surface area (TPSA) is 47.0 Å². The van der Waals surface area contributed by atoms with E-state index in [1.807, 2.05) is 36.5 Å². The molecule has 2 aromatic rings. The summed E-state index contributed by atoms with van der Waals surface area (Å²) in [6.45, 7) is 1.46. The van der Waals surface area contributed by atoms with E-state index < -0.39 is 0 Å². The van der Waals surface area contributed by atoms with Gasteiger partial charge in [-0.3, -0.25) is 9.97 Å². The average Bonchev–Trinajstić information content (AvgIpc) is 3.31. The van der Waals surface area contributed by atoms with E-state index in [1.165, 1.54) is 12.8 Å². The highest BCUT2D eigenvalue weighted by atomic mass is 16.5. The molecule has 1 fully saturated rings.